The highest BCUT2D eigenvalue weighted by Gasteiger charge is 2.11. The first-order chi connectivity index (χ1) is 12.2. The van der Waals surface area contributed by atoms with Gasteiger partial charge in [0.15, 0.2) is 6.29 Å². The van der Waals surface area contributed by atoms with Crippen molar-refractivity contribution in [1.29, 1.82) is 0 Å². The maximum atomic E-state index is 11.6. The van der Waals surface area contributed by atoms with Gasteiger partial charge in [0.05, 0.1) is 6.61 Å². The normalized spacial score (nSPS) is 11.1. The first kappa shape index (κ1) is 16.7. The highest BCUT2D eigenvalue weighted by molar-refractivity contribution is 6.03. The zero-order valence-electron chi connectivity index (χ0n) is 14.0. The van der Waals surface area contributed by atoms with Gasteiger partial charge in [0, 0.05) is 35.3 Å². The summed E-state index contributed by atoms with van der Waals surface area (Å²) in [5.41, 5.74) is 3.54. The quantitative estimate of drug-likeness (QED) is 0.388. The molecule has 0 amide bonds. The molecule has 0 unspecified atom stereocenters. The van der Waals surface area contributed by atoms with Crippen molar-refractivity contribution >= 4 is 29.2 Å². The van der Waals surface area contributed by atoms with Crippen molar-refractivity contribution < 1.29 is 14.3 Å². The second-order valence-corrected chi connectivity index (χ2v) is 5.64. The molecule has 0 bridgehead atoms. The maximum absolute atomic E-state index is 11.6. The molecule has 3 rings (SSSR count). The molecule has 25 heavy (non-hydrogen) atoms. The number of carbonyl (C=O) groups excluding carboxylic acids is 2. The standard InChI is InChI=1S/C21H19NO3/c1-2-25-20(24)12-11-17-9-6-10-19-21(17)18(15-23)14-22(19)13-16-7-4-3-5-8-16/h3-12,14-15H,2,13H2,1H3/b12-11+. The van der Waals surface area contributed by atoms with Crippen LogP contribution in [0.25, 0.3) is 17.0 Å². The fourth-order valence-corrected chi connectivity index (χ4v) is 2.90. The lowest BCUT2D eigenvalue weighted by Gasteiger charge is -2.06. The van der Waals surface area contributed by atoms with E-state index in [-0.39, 0.29) is 0 Å². The van der Waals surface area contributed by atoms with Gasteiger partial charge in [-0.3, -0.25) is 4.79 Å². The van der Waals surface area contributed by atoms with Crippen LogP contribution >= 0.6 is 0 Å². The Balaban J connectivity index is 2.03. The largest absolute Gasteiger partial charge is 0.463 e. The molecule has 0 fully saturated rings. The van der Waals surface area contributed by atoms with Crippen LogP contribution in [0.5, 0.6) is 0 Å². The molecule has 4 heteroatoms. The lowest BCUT2D eigenvalue weighted by atomic mass is 10.1. The molecule has 0 aliphatic rings. The summed E-state index contributed by atoms with van der Waals surface area (Å²) in [7, 11) is 0. The Labute approximate surface area is 146 Å². The molecule has 1 aromatic heterocycles. The van der Waals surface area contributed by atoms with Crippen LogP contribution in [0.3, 0.4) is 0 Å². The van der Waals surface area contributed by atoms with Crippen molar-refractivity contribution in [2.75, 3.05) is 6.61 Å². The number of aldehydes is 1. The number of nitrogens with zero attached hydrogens (tertiary/aromatic N) is 1. The highest BCUT2D eigenvalue weighted by atomic mass is 16.5. The minimum atomic E-state index is -0.393. The number of hydrogen-bond acceptors (Lipinski definition) is 3. The van der Waals surface area contributed by atoms with E-state index in [1.807, 2.05) is 42.6 Å². The molecule has 126 valence electrons. The molecule has 1 heterocycles. The Kier molecular flexibility index (Phi) is 5.09. The molecular formula is C21H19NO3. The Bertz CT molecular complexity index is 923. The van der Waals surface area contributed by atoms with Crippen LogP contribution in [0, 0.1) is 0 Å². The third-order valence-electron chi connectivity index (χ3n) is 3.98. The SMILES string of the molecule is CCOC(=O)/C=C/c1cccc2c1c(C=O)cn2Cc1ccccc1. The van der Waals surface area contributed by atoms with Crippen molar-refractivity contribution in [3.63, 3.8) is 0 Å². The van der Waals surface area contributed by atoms with Gasteiger partial charge in [-0.05, 0) is 30.2 Å². The number of benzene rings is 2. The fourth-order valence-electron chi connectivity index (χ4n) is 2.90. The number of esters is 1. The molecular weight excluding hydrogens is 314 g/mol. The lowest BCUT2D eigenvalue weighted by molar-refractivity contribution is -0.137. The number of fused-ring (bicyclic) bond motifs is 1. The molecule has 0 saturated carbocycles. The smallest absolute Gasteiger partial charge is 0.330 e. The van der Waals surface area contributed by atoms with Crippen LogP contribution in [-0.2, 0) is 16.1 Å². The minimum absolute atomic E-state index is 0.334. The van der Waals surface area contributed by atoms with E-state index in [0.29, 0.717) is 18.7 Å². The summed E-state index contributed by atoms with van der Waals surface area (Å²) in [6.45, 7) is 2.78. The van der Waals surface area contributed by atoms with Gasteiger partial charge in [0.1, 0.15) is 0 Å². The zero-order chi connectivity index (χ0) is 17.6. The zero-order valence-corrected chi connectivity index (χ0v) is 14.0. The van der Waals surface area contributed by atoms with Gasteiger partial charge in [0.25, 0.3) is 0 Å². The highest BCUT2D eigenvalue weighted by Crippen LogP contribution is 2.26. The Hall–Kier alpha value is -3.14. The molecule has 0 aliphatic heterocycles. The molecule has 4 nitrogen and oxygen atoms in total. The van der Waals surface area contributed by atoms with E-state index in [0.717, 1.165) is 28.3 Å². The number of hydrogen-bond donors (Lipinski definition) is 0. The van der Waals surface area contributed by atoms with E-state index >= 15 is 0 Å². The summed E-state index contributed by atoms with van der Waals surface area (Å²) in [6.07, 6.45) is 5.79. The van der Waals surface area contributed by atoms with E-state index in [1.165, 1.54) is 6.08 Å². The van der Waals surface area contributed by atoms with E-state index < -0.39 is 5.97 Å². The van der Waals surface area contributed by atoms with E-state index in [4.69, 9.17) is 4.74 Å². The summed E-state index contributed by atoms with van der Waals surface area (Å²) >= 11 is 0. The van der Waals surface area contributed by atoms with Crippen LogP contribution < -0.4 is 0 Å². The van der Waals surface area contributed by atoms with Gasteiger partial charge in [-0.15, -0.1) is 0 Å². The van der Waals surface area contributed by atoms with Gasteiger partial charge in [0.2, 0.25) is 0 Å². The molecule has 2 aromatic carbocycles. The molecule has 0 radical (unpaired) electrons. The van der Waals surface area contributed by atoms with Gasteiger partial charge in [-0.25, -0.2) is 4.79 Å². The van der Waals surface area contributed by atoms with Crippen molar-refractivity contribution in [2.24, 2.45) is 0 Å². The van der Waals surface area contributed by atoms with Crippen LogP contribution in [0.2, 0.25) is 0 Å². The van der Waals surface area contributed by atoms with Crippen LogP contribution in [0.4, 0.5) is 0 Å². The maximum Gasteiger partial charge on any atom is 0.330 e. The number of aromatic nitrogens is 1. The summed E-state index contributed by atoms with van der Waals surface area (Å²) in [5, 5.41) is 0.842. The summed E-state index contributed by atoms with van der Waals surface area (Å²) in [4.78, 5) is 23.1. The molecule has 0 aliphatic carbocycles. The first-order valence-electron chi connectivity index (χ1n) is 8.18. The molecule has 0 spiro atoms. The topological polar surface area (TPSA) is 48.3 Å². The average molecular weight is 333 g/mol. The van der Waals surface area contributed by atoms with E-state index in [9.17, 15) is 9.59 Å². The summed E-state index contributed by atoms with van der Waals surface area (Å²) < 4.78 is 6.97. The van der Waals surface area contributed by atoms with Crippen LogP contribution in [0.15, 0.2) is 60.8 Å². The first-order valence-corrected chi connectivity index (χ1v) is 8.18. The monoisotopic (exact) mass is 333 g/mol. The Morgan fingerprint density at radius 1 is 1.08 bits per heavy atom. The third kappa shape index (κ3) is 3.69. The Morgan fingerprint density at radius 2 is 1.88 bits per heavy atom. The summed E-state index contributed by atoms with van der Waals surface area (Å²) in [6, 6.07) is 15.9. The summed E-state index contributed by atoms with van der Waals surface area (Å²) in [5.74, 6) is -0.393. The number of rotatable bonds is 6. The fraction of sp³-hybridized carbons (Fsp3) is 0.143. The van der Waals surface area contributed by atoms with E-state index in [2.05, 4.69) is 16.7 Å². The number of carbonyl (C=O) groups is 2. The third-order valence-corrected chi connectivity index (χ3v) is 3.98. The van der Waals surface area contributed by atoms with E-state index in [1.54, 1.807) is 13.0 Å². The van der Waals surface area contributed by atoms with Crippen molar-refractivity contribution in [1.82, 2.24) is 4.57 Å². The lowest BCUT2D eigenvalue weighted by Crippen LogP contribution is -1.99. The second kappa shape index (κ2) is 7.62. The van der Waals surface area contributed by atoms with Crippen molar-refractivity contribution in [3.05, 3.63) is 77.5 Å². The molecule has 0 atom stereocenters. The van der Waals surface area contributed by atoms with Crippen molar-refractivity contribution in [2.45, 2.75) is 13.5 Å². The minimum Gasteiger partial charge on any atom is -0.463 e. The van der Waals surface area contributed by atoms with Gasteiger partial charge < -0.3 is 9.30 Å². The predicted octanol–water partition coefficient (Wildman–Crippen LogP) is 4.08. The van der Waals surface area contributed by atoms with Gasteiger partial charge >= 0.3 is 5.97 Å². The second-order valence-electron chi connectivity index (χ2n) is 5.64. The molecule has 3 aromatic rings. The molecule has 0 saturated heterocycles. The van der Waals surface area contributed by atoms with Crippen LogP contribution in [-0.4, -0.2) is 23.4 Å². The van der Waals surface area contributed by atoms with Crippen molar-refractivity contribution in [3.8, 4) is 0 Å². The number of ether oxygens (including phenoxy) is 1. The van der Waals surface area contributed by atoms with Gasteiger partial charge in [-0.1, -0.05) is 42.5 Å². The van der Waals surface area contributed by atoms with Gasteiger partial charge in [-0.2, -0.15) is 0 Å². The van der Waals surface area contributed by atoms with Crippen LogP contribution in [0.1, 0.15) is 28.4 Å². The predicted molar refractivity (Wildman–Crippen MR) is 98.5 cm³/mol. The Morgan fingerprint density at radius 3 is 2.60 bits per heavy atom. The molecule has 0 N–H and O–H groups in total. The average Bonchev–Trinajstić information content (AvgIpc) is 2.99.